The maximum Gasteiger partial charge on any atom is 0.264 e. The molecule has 0 aliphatic heterocycles. The average molecular weight is 538 g/mol. The lowest BCUT2D eigenvalue weighted by molar-refractivity contribution is 0.102. The fourth-order valence-corrected chi connectivity index (χ4v) is 5.60. The summed E-state index contributed by atoms with van der Waals surface area (Å²) in [5.41, 5.74) is 1.23. The number of nitrogens with zero attached hydrogens (tertiary/aromatic N) is 3. The molecule has 37 heavy (non-hydrogen) atoms. The molecular formula is C25H23N5O5S2. The average Bonchev–Trinajstić information content (AvgIpc) is 2.89. The van der Waals surface area contributed by atoms with E-state index in [1.807, 2.05) is 0 Å². The van der Waals surface area contributed by atoms with Crippen LogP contribution in [-0.2, 0) is 20.0 Å². The van der Waals surface area contributed by atoms with Crippen LogP contribution >= 0.6 is 0 Å². The van der Waals surface area contributed by atoms with Crippen LogP contribution in [0.25, 0.3) is 0 Å². The molecule has 10 nitrogen and oxygen atoms in total. The second-order valence-electron chi connectivity index (χ2n) is 7.91. The number of para-hydroxylation sites is 1. The van der Waals surface area contributed by atoms with Gasteiger partial charge in [0.1, 0.15) is 0 Å². The van der Waals surface area contributed by atoms with Crippen LogP contribution in [0.3, 0.4) is 0 Å². The lowest BCUT2D eigenvalue weighted by Crippen LogP contribution is -2.29. The zero-order valence-electron chi connectivity index (χ0n) is 19.9. The summed E-state index contributed by atoms with van der Waals surface area (Å²) in [6.45, 7) is 1.71. The molecule has 1 heterocycles. The topological polar surface area (TPSA) is 138 Å². The first kappa shape index (κ1) is 25.8. The van der Waals surface area contributed by atoms with E-state index in [4.69, 9.17) is 0 Å². The Morgan fingerprint density at radius 2 is 1.46 bits per heavy atom. The van der Waals surface area contributed by atoms with Crippen LogP contribution in [0, 0.1) is 6.92 Å². The number of benzene rings is 3. The summed E-state index contributed by atoms with van der Waals surface area (Å²) in [7, 11) is -6.48. The minimum absolute atomic E-state index is 0.0512. The Morgan fingerprint density at radius 1 is 0.811 bits per heavy atom. The van der Waals surface area contributed by atoms with Crippen LogP contribution < -0.4 is 14.3 Å². The fraction of sp³-hybridized carbons (Fsp3) is 0.0800. The number of carbonyl (C=O) groups excluding carboxylic acids is 1. The van der Waals surface area contributed by atoms with Gasteiger partial charge in [0.25, 0.3) is 26.0 Å². The smallest absolute Gasteiger partial charge is 0.264 e. The number of rotatable bonds is 8. The standard InChI is InChI=1S/C25H23N5O5S2/c1-18-16-17-26-25(27-18)29-36(32,33)20-14-12-19(13-15-20)28-24(31)22-10-6-7-11-23(22)30(2)37(34,35)21-8-4-3-5-9-21/h3-17H,1-2H3,(H,28,31)(H,26,27,29). The van der Waals surface area contributed by atoms with Gasteiger partial charge in [-0.15, -0.1) is 0 Å². The predicted molar refractivity (Wildman–Crippen MR) is 140 cm³/mol. The molecule has 0 unspecified atom stereocenters. The first-order chi connectivity index (χ1) is 17.6. The molecule has 0 saturated heterocycles. The minimum Gasteiger partial charge on any atom is -0.322 e. The van der Waals surface area contributed by atoms with Gasteiger partial charge in [0.05, 0.1) is 21.0 Å². The number of hydrogen-bond donors (Lipinski definition) is 2. The Kier molecular flexibility index (Phi) is 7.23. The van der Waals surface area contributed by atoms with Gasteiger partial charge in [-0.3, -0.25) is 9.10 Å². The van der Waals surface area contributed by atoms with Gasteiger partial charge in [-0.25, -0.2) is 31.5 Å². The van der Waals surface area contributed by atoms with E-state index in [0.29, 0.717) is 11.4 Å². The fourth-order valence-electron chi connectivity index (χ4n) is 3.41. The highest BCUT2D eigenvalue weighted by atomic mass is 32.2. The molecule has 2 N–H and O–H groups in total. The summed E-state index contributed by atoms with van der Waals surface area (Å²) in [4.78, 5) is 21.0. The largest absolute Gasteiger partial charge is 0.322 e. The molecule has 0 radical (unpaired) electrons. The van der Waals surface area contributed by atoms with Crippen molar-refractivity contribution in [1.29, 1.82) is 0 Å². The molecule has 3 aromatic carbocycles. The van der Waals surface area contributed by atoms with Crippen molar-refractivity contribution >= 4 is 43.3 Å². The molecule has 12 heteroatoms. The van der Waals surface area contributed by atoms with Crippen molar-refractivity contribution in [3.05, 3.63) is 102 Å². The normalized spacial score (nSPS) is 11.5. The number of amides is 1. The van der Waals surface area contributed by atoms with Gasteiger partial charge in [0.2, 0.25) is 5.95 Å². The maximum absolute atomic E-state index is 13.1. The monoisotopic (exact) mass is 537 g/mol. The first-order valence-electron chi connectivity index (χ1n) is 10.9. The van der Waals surface area contributed by atoms with Crippen LogP contribution in [0.2, 0.25) is 0 Å². The van der Waals surface area contributed by atoms with E-state index in [-0.39, 0.29) is 27.0 Å². The number of aromatic nitrogens is 2. The highest BCUT2D eigenvalue weighted by Crippen LogP contribution is 2.26. The molecule has 0 bridgehead atoms. The first-order valence-corrected chi connectivity index (χ1v) is 13.9. The molecular weight excluding hydrogens is 514 g/mol. The summed E-state index contributed by atoms with van der Waals surface area (Å²) in [6, 6.07) is 21.3. The van der Waals surface area contributed by atoms with Gasteiger partial charge in [-0.2, -0.15) is 0 Å². The predicted octanol–water partition coefficient (Wildman–Crippen LogP) is 3.66. The molecule has 0 saturated carbocycles. The Labute approximate surface area is 215 Å². The summed E-state index contributed by atoms with van der Waals surface area (Å²) < 4.78 is 54.8. The Balaban J connectivity index is 1.53. The Morgan fingerprint density at radius 3 is 2.14 bits per heavy atom. The maximum atomic E-state index is 13.1. The third-order valence-electron chi connectivity index (χ3n) is 5.33. The van der Waals surface area contributed by atoms with Crippen molar-refractivity contribution in [3.63, 3.8) is 0 Å². The molecule has 0 fully saturated rings. The van der Waals surface area contributed by atoms with E-state index in [1.54, 1.807) is 43.3 Å². The zero-order chi connectivity index (χ0) is 26.6. The van der Waals surface area contributed by atoms with Crippen LogP contribution in [0.15, 0.2) is 101 Å². The number of anilines is 3. The quantitative estimate of drug-likeness (QED) is 0.350. The van der Waals surface area contributed by atoms with Crippen LogP contribution in [0.1, 0.15) is 16.1 Å². The van der Waals surface area contributed by atoms with Crippen LogP contribution in [0.5, 0.6) is 0 Å². The lowest BCUT2D eigenvalue weighted by atomic mass is 10.1. The Hall–Kier alpha value is -4.29. The number of carbonyl (C=O) groups is 1. The number of hydrogen-bond acceptors (Lipinski definition) is 7. The Bertz CT molecular complexity index is 1640. The third kappa shape index (κ3) is 5.76. The van der Waals surface area contributed by atoms with Crippen molar-refractivity contribution < 1.29 is 21.6 Å². The molecule has 0 spiro atoms. The molecule has 190 valence electrons. The molecule has 0 aliphatic rings. The van der Waals surface area contributed by atoms with E-state index in [9.17, 15) is 21.6 Å². The number of nitrogens with one attached hydrogen (secondary N) is 2. The molecule has 4 aromatic rings. The highest BCUT2D eigenvalue weighted by Gasteiger charge is 2.25. The third-order valence-corrected chi connectivity index (χ3v) is 8.46. The number of sulfonamides is 2. The van der Waals surface area contributed by atoms with E-state index in [2.05, 4.69) is 20.0 Å². The van der Waals surface area contributed by atoms with E-state index < -0.39 is 26.0 Å². The SMILES string of the molecule is Cc1ccnc(NS(=O)(=O)c2ccc(NC(=O)c3ccccc3N(C)S(=O)(=O)c3ccccc3)cc2)n1. The van der Waals surface area contributed by atoms with E-state index in [1.165, 1.54) is 61.8 Å². The van der Waals surface area contributed by atoms with Gasteiger partial charge < -0.3 is 5.32 Å². The molecule has 4 rings (SSSR count). The van der Waals surface area contributed by atoms with Gasteiger partial charge in [-0.05, 0) is 61.5 Å². The van der Waals surface area contributed by atoms with Gasteiger partial charge in [0, 0.05) is 24.6 Å². The van der Waals surface area contributed by atoms with Crippen molar-refractivity contribution in [2.45, 2.75) is 16.7 Å². The molecule has 0 atom stereocenters. The van der Waals surface area contributed by atoms with Gasteiger partial charge in [0.15, 0.2) is 0 Å². The minimum atomic E-state index is -3.95. The van der Waals surface area contributed by atoms with E-state index >= 15 is 0 Å². The summed E-state index contributed by atoms with van der Waals surface area (Å²) in [6.07, 6.45) is 1.44. The number of aryl methyl sites for hydroxylation is 1. The zero-order valence-corrected chi connectivity index (χ0v) is 21.5. The molecule has 1 aromatic heterocycles. The second-order valence-corrected chi connectivity index (χ2v) is 11.6. The summed E-state index contributed by atoms with van der Waals surface area (Å²) in [5, 5.41) is 2.68. The van der Waals surface area contributed by atoms with Crippen molar-refractivity contribution in [2.75, 3.05) is 21.4 Å². The van der Waals surface area contributed by atoms with Crippen molar-refractivity contribution in [1.82, 2.24) is 9.97 Å². The van der Waals surface area contributed by atoms with Gasteiger partial charge in [-0.1, -0.05) is 30.3 Å². The summed E-state index contributed by atoms with van der Waals surface area (Å²) in [5.74, 6) is -0.615. The van der Waals surface area contributed by atoms with Crippen LogP contribution in [-0.4, -0.2) is 39.8 Å². The van der Waals surface area contributed by atoms with E-state index in [0.717, 1.165) is 4.31 Å². The van der Waals surface area contributed by atoms with Gasteiger partial charge >= 0.3 is 0 Å². The van der Waals surface area contributed by atoms with Crippen LogP contribution in [0.4, 0.5) is 17.3 Å². The lowest BCUT2D eigenvalue weighted by Gasteiger charge is -2.22. The van der Waals surface area contributed by atoms with Crippen molar-refractivity contribution in [2.24, 2.45) is 0 Å². The molecule has 0 aliphatic carbocycles. The highest BCUT2D eigenvalue weighted by molar-refractivity contribution is 7.93. The second kappa shape index (κ2) is 10.4. The molecule has 1 amide bonds. The van der Waals surface area contributed by atoms with Crippen molar-refractivity contribution in [3.8, 4) is 0 Å². The summed E-state index contributed by atoms with van der Waals surface area (Å²) >= 11 is 0.